The van der Waals surface area contributed by atoms with Crippen LogP contribution >= 0.6 is 11.6 Å². The first kappa shape index (κ1) is 17.8. The second-order valence-electron chi connectivity index (χ2n) is 6.57. The standard InChI is InChI=1S/C20H16ClN5O3/c1-27-15-7-5-12(6-8-15)17-10-26-16(11-28-17)18(23-25-26)20-22-19(24-29-20)13-3-2-4-14(21)9-13/h2-9,17H,10-11H2,1H3/t17-/m1/s1. The quantitative estimate of drug-likeness (QED) is 0.504. The van der Waals surface area contributed by atoms with Gasteiger partial charge in [-0.25, -0.2) is 4.68 Å². The van der Waals surface area contributed by atoms with Gasteiger partial charge < -0.3 is 14.0 Å². The van der Waals surface area contributed by atoms with E-state index >= 15 is 0 Å². The highest BCUT2D eigenvalue weighted by Crippen LogP contribution is 2.31. The van der Waals surface area contributed by atoms with E-state index in [1.165, 1.54) is 0 Å². The Hall–Kier alpha value is -3.23. The number of rotatable bonds is 4. The molecule has 1 aliphatic rings. The number of nitrogens with zero attached hydrogens (tertiary/aromatic N) is 5. The molecule has 0 amide bonds. The van der Waals surface area contributed by atoms with Crippen molar-refractivity contribution in [2.24, 2.45) is 0 Å². The molecule has 1 atom stereocenters. The zero-order valence-corrected chi connectivity index (χ0v) is 16.2. The summed E-state index contributed by atoms with van der Waals surface area (Å²) in [6.07, 6.45) is -0.118. The molecule has 1 aliphatic heterocycles. The number of halogens is 1. The normalized spacial score (nSPS) is 15.9. The molecular formula is C20H16ClN5O3. The molecule has 2 aromatic carbocycles. The molecule has 8 nitrogen and oxygen atoms in total. The fourth-order valence-corrected chi connectivity index (χ4v) is 3.45. The second kappa shape index (κ2) is 7.31. The van der Waals surface area contributed by atoms with Gasteiger partial charge in [0.25, 0.3) is 5.89 Å². The smallest absolute Gasteiger partial charge is 0.280 e. The van der Waals surface area contributed by atoms with Crippen molar-refractivity contribution in [2.75, 3.05) is 7.11 Å². The molecule has 3 heterocycles. The van der Waals surface area contributed by atoms with Crippen molar-refractivity contribution in [1.82, 2.24) is 25.1 Å². The van der Waals surface area contributed by atoms with Crippen molar-refractivity contribution in [3.8, 4) is 28.7 Å². The van der Waals surface area contributed by atoms with E-state index in [-0.39, 0.29) is 6.10 Å². The van der Waals surface area contributed by atoms with Crippen molar-refractivity contribution in [3.63, 3.8) is 0 Å². The first-order valence-corrected chi connectivity index (χ1v) is 9.37. The molecule has 0 bridgehead atoms. The molecule has 29 heavy (non-hydrogen) atoms. The first-order chi connectivity index (χ1) is 14.2. The molecule has 146 valence electrons. The Morgan fingerprint density at radius 2 is 2.03 bits per heavy atom. The molecule has 0 fully saturated rings. The minimum absolute atomic E-state index is 0.118. The molecule has 2 aromatic heterocycles. The van der Waals surface area contributed by atoms with Crippen molar-refractivity contribution < 1.29 is 14.0 Å². The monoisotopic (exact) mass is 409 g/mol. The largest absolute Gasteiger partial charge is 0.497 e. The van der Waals surface area contributed by atoms with E-state index in [1.807, 2.05) is 41.1 Å². The molecule has 4 aromatic rings. The number of hydrogen-bond donors (Lipinski definition) is 0. The number of fused-ring (bicyclic) bond motifs is 1. The third kappa shape index (κ3) is 3.37. The third-order valence-corrected chi connectivity index (χ3v) is 5.03. The van der Waals surface area contributed by atoms with Gasteiger partial charge in [0.15, 0.2) is 5.69 Å². The molecule has 5 rings (SSSR count). The van der Waals surface area contributed by atoms with Crippen LogP contribution in [0.15, 0.2) is 53.1 Å². The van der Waals surface area contributed by atoms with Crippen LogP contribution in [0, 0.1) is 0 Å². The Labute approximate surface area is 171 Å². The van der Waals surface area contributed by atoms with Crippen molar-refractivity contribution in [2.45, 2.75) is 19.3 Å². The highest BCUT2D eigenvalue weighted by molar-refractivity contribution is 6.30. The Morgan fingerprint density at radius 3 is 2.83 bits per heavy atom. The minimum Gasteiger partial charge on any atom is -0.497 e. The Kier molecular flexibility index (Phi) is 4.49. The molecule has 9 heteroatoms. The van der Waals surface area contributed by atoms with E-state index in [9.17, 15) is 0 Å². The van der Waals surface area contributed by atoms with Crippen molar-refractivity contribution in [3.05, 3.63) is 64.8 Å². The van der Waals surface area contributed by atoms with Crippen LogP contribution in [0.5, 0.6) is 5.75 Å². The Morgan fingerprint density at radius 1 is 1.17 bits per heavy atom. The van der Waals surface area contributed by atoms with Crippen LogP contribution in [-0.4, -0.2) is 32.2 Å². The van der Waals surface area contributed by atoms with Crippen LogP contribution in [0.1, 0.15) is 17.4 Å². The molecule has 0 N–H and O–H groups in total. The molecule has 0 saturated heterocycles. The van der Waals surface area contributed by atoms with Crippen molar-refractivity contribution in [1.29, 1.82) is 0 Å². The van der Waals surface area contributed by atoms with Gasteiger partial charge in [-0.15, -0.1) is 5.10 Å². The predicted molar refractivity (Wildman–Crippen MR) is 104 cm³/mol. The summed E-state index contributed by atoms with van der Waals surface area (Å²) in [5, 5.41) is 13.1. The molecular weight excluding hydrogens is 394 g/mol. The summed E-state index contributed by atoms with van der Waals surface area (Å²) in [6, 6.07) is 15.1. The number of hydrogen-bond acceptors (Lipinski definition) is 7. The van der Waals surface area contributed by atoms with E-state index in [0.29, 0.717) is 35.6 Å². The average molecular weight is 410 g/mol. The summed E-state index contributed by atoms with van der Waals surface area (Å²) in [5.41, 5.74) is 3.15. The maximum absolute atomic E-state index is 6.04. The van der Waals surface area contributed by atoms with Gasteiger partial charge >= 0.3 is 0 Å². The van der Waals surface area contributed by atoms with Gasteiger partial charge in [0.2, 0.25) is 5.82 Å². The Balaban J connectivity index is 1.39. The average Bonchev–Trinajstić information content (AvgIpc) is 3.40. The van der Waals surface area contributed by atoms with Crippen LogP contribution in [0.3, 0.4) is 0 Å². The first-order valence-electron chi connectivity index (χ1n) is 8.99. The maximum atomic E-state index is 6.04. The number of benzene rings is 2. The summed E-state index contributed by atoms with van der Waals surface area (Å²) < 4.78 is 18.5. The van der Waals surface area contributed by atoms with E-state index in [1.54, 1.807) is 19.2 Å². The minimum atomic E-state index is -0.118. The lowest BCUT2D eigenvalue weighted by molar-refractivity contribution is -0.00119. The lowest BCUT2D eigenvalue weighted by Gasteiger charge is -2.24. The van der Waals surface area contributed by atoms with Gasteiger partial charge in [-0.2, -0.15) is 4.98 Å². The summed E-state index contributed by atoms with van der Waals surface area (Å²) in [6.45, 7) is 0.887. The topological polar surface area (TPSA) is 88.1 Å². The highest BCUT2D eigenvalue weighted by atomic mass is 35.5. The van der Waals surface area contributed by atoms with Crippen LogP contribution in [0.4, 0.5) is 0 Å². The van der Waals surface area contributed by atoms with E-state index in [2.05, 4.69) is 20.5 Å². The highest BCUT2D eigenvalue weighted by Gasteiger charge is 2.28. The van der Waals surface area contributed by atoms with Crippen LogP contribution in [0.25, 0.3) is 23.0 Å². The maximum Gasteiger partial charge on any atom is 0.280 e. The zero-order chi connectivity index (χ0) is 19.8. The van der Waals surface area contributed by atoms with Gasteiger partial charge in [0, 0.05) is 10.6 Å². The van der Waals surface area contributed by atoms with Crippen molar-refractivity contribution >= 4 is 11.6 Å². The summed E-state index contributed by atoms with van der Waals surface area (Å²) >= 11 is 6.04. The fraction of sp³-hybridized carbons (Fsp3) is 0.200. The predicted octanol–water partition coefficient (Wildman–Crippen LogP) is 3.93. The number of methoxy groups -OCH3 is 1. The van der Waals surface area contributed by atoms with Crippen LogP contribution < -0.4 is 4.74 Å². The summed E-state index contributed by atoms with van der Waals surface area (Å²) in [4.78, 5) is 4.45. The summed E-state index contributed by atoms with van der Waals surface area (Å²) in [7, 11) is 1.64. The van der Waals surface area contributed by atoms with Crippen LogP contribution in [-0.2, 0) is 17.9 Å². The fourth-order valence-electron chi connectivity index (χ4n) is 3.26. The van der Waals surface area contributed by atoms with E-state index in [4.69, 9.17) is 25.6 Å². The lowest BCUT2D eigenvalue weighted by atomic mass is 10.1. The van der Waals surface area contributed by atoms with Gasteiger partial charge in [0.1, 0.15) is 11.9 Å². The lowest BCUT2D eigenvalue weighted by Crippen LogP contribution is -2.22. The van der Waals surface area contributed by atoms with E-state index in [0.717, 1.165) is 22.6 Å². The molecule has 0 unspecified atom stereocenters. The zero-order valence-electron chi connectivity index (χ0n) is 15.4. The molecule has 0 spiro atoms. The van der Waals surface area contributed by atoms with Crippen LogP contribution in [0.2, 0.25) is 5.02 Å². The molecule has 0 saturated carbocycles. The SMILES string of the molecule is COc1ccc([C@H]2Cn3nnc(-c4nc(-c5cccc(Cl)c5)no4)c3CO2)cc1. The number of ether oxygens (including phenoxy) is 2. The van der Waals surface area contributed by atoms with Gasteiger partial charge in [-0.05, 0) is 29.8 Å². The van der Waals surface area contributed by atoms with Gasteiger partial charge in [-0.3, -0.25) is 0 Å². The summed E-state index contributed by atoms with van der Waals surface area (Å²) in [5.74, 6) is 1.55. The third-order valence-electron chi connectivity index (χ3n) is 4.80. The van der Waals surface area contributed by atoms with E-state index < -0.39 is 0 Å². The van der Waals surface area contributed by atoms with Gasteiger partial charge in [0.05, 0.1) is 26.0 Å². The van der Waals surface area contributed by atoms with Gasteiger partial charge in [-0.1, -0.05) is 46.2 Å². The molecule has 0 radical (unpaired) electrons. The molecule has 0 aliphatic carbocycles. The Bertz CT molecular complexity index is 1160. The number of aromatic nitrogens is 5. The second-order valence-corrected chi connectivity index (χ2v) is 7.01.